The van der Waals surface area contributed by atoms with E-state index in [1.807, 2.05) is 0 Å². The van der Waals surface area contributed by atoms with Crippen LogP contribution in [0.25, 0.3) is 10.9 Å². The highest BCUT2D eigenvalue weighted by Gasteiger charge is 2.09. The summed E-state index contributed by atoms with van der Waals surface area (Å²) in [5, 5.41) is 4.52. The second-order valence-electron chi connectivity index (χ2n) is 4.19. The number of nitrogens with one attached hydrogen (secondary N) is 1. The maximum Gasteiger partial charge on any atom is 0.223 e. The van der Waals surface area contributed by atoms with Crippen LogP contribution in [0.1, 0.15) is 26.7 Å². The number of rotatable bonds is 4. The third-order valence-electron chi connectivity index (χ3n) is 2.63. The zero-order valence-corrected chi connectivity index (χ0v) is 13.2. The molecule has 0 saturated carbocycles. The monoisotopic (exact) mass is 376 g/mol. The molecule has 1 unspecified atom stereocenters. The van der Waals surface area contributed by atoms with E-state index in [-0.39, 0.29) is 0 Å². The van der Waals surface area contributed by atoms with Crippen molar-refractivity contribution in [2.45, 2.75) is 32.7 Å². The van der Waals surface area contributed by atoms with Crippen LogP contribution in [-0.2, 0) is 0 Å². The Labute approximate surface area is 125 Å². The highest BCUT2D eigenvalue weighted by atomic mass is 127. The van der Waals surface area contributed by atoms with Crippen LogP contribution in [0.3, 0.4) is 0 Å². The Kier molecular flexibility index (Phi) is 4.55. The second kappa shape index (κ2) is 5.97. The quantitative estimate of drug-likeness (QED) is 0.650. The van der Waals surface area contributed by atoms with Crippen LogP contribution in [-0.4, -0.2) is 21.0 Å². The van der Waals surface area contributed by atoms with Crippen molar-refractivity contribution in [2.75, 3.05) is 5.32 Å². The van der Waals surface area contributed by atoms with E-state index in [4.69, 9.17) is 11.6 Å². The maximum atomic E-state index is 6.02. The Morgan fingerprint density at radius 1 is 1.39 bits per heavy atom. The molecule has 4 nitrogen and oxygen atoms in total. The number of anilines is 1. The normalized spacial score (nSPS) is 12.7. The predicted molar refractivity (Wildman–Crippen MR) is 83.1 cm³/mol. The van der Waals surface area contributed by atoms with Gasteiger partial charge in [-0.3, -0.25) is 0 Å². The topological polar surface area (TPSA) is 50.7 Å². The fourth-order valence-electron chi connectivity index (χ4n) is 1.75. The fraction of sp³-hybridized carbons (Fsp3) is 0.417. The number of halogens is 2. The molecule has 2 heterocycles. The standard InChI is InChI=1S/C12H14ClIN4/c1-3-4-7(2)17-12-16-5-8-10(18-12)9(14)6-15-11(8)13/h5-7H,3-4H2,1-2H3,(H,16,17,18). The fourth-order valence-corrected chi connectivity index (χ4v) is 2.49. The third kappa shape index (κ3) is 3.00. The SMILES string of the molecule is CCCC(C)Nc1ncc2c(Cl)ncc(I)c2n1. The minimum atomic E-state index is 0.363. The molecule has 1 N–H and O–H groups in total. The van der Waals surface area contributed by atoms with Gasteiger partial charge in [0.1, 0.15) is 5.15 Å². The van der Waals surface area contributed by atoms with E-state index in [0.29, 0.717) is 17.1 Å². The zero-order valence-electron chi connectivity index (χ0n) is 10.2. The molecule has 0 fully saturated rings. The molecular weight excluding hydrogens is 363 g/mol. The Balaban J connectivity index is 2.35. The van der Waals surface area contributed by atoms with Gasteiger partial charge in [0.05, 0.1) is 14.5 Å². The molecule has 6 heteroatoms. The van der Waals surface area contributed by atoms with Crippen molar-refractivity contribution in [1.29, 1.82) is 0 Å². The molecular formula is C12H14ClIN4. The van der Waals surface area contributed by atoms with Gasteiger partial charge in [-0.25, -0.2) is 15.0 Å². The van der Waals surface area contributed by atoms with Crippen molar-refractivity contribution in [3.05, 3.63) is 21.1 Å². The molecule has 2 aromatic rings. The van der Waals surface area contributed by atoms with Gasteiger partial charge >= 0.3 is 0 Å². The Morgan fingerprint density at radius 2 is 2.17 bits per heavy atom. The Hall–Kier alpha value is -0.690. The summed E-state index contributed by atoms with van der Waals surface area (Å²) in [5.74, 6) is 0.642. The molecule has 2 aromatic heterocycles. The van der Waals surface area contributed by atoms with Crippen molar-refractivity contribution in [1.82, 2.24) is 15.0 Å². The lowest BCUT2D eigenvalue weighted by atomic mass is 10.2. The summed E-state index contributed by atoms with van der Waals surface area (Å²) in [6.07, 6.45) is 5.67. The van der Waals surface area contributed by atoms with Gasteiger partial charge in [0.2, 0.25) is 5.95 Å². The molecule has 2 rings (SSSR count). The predicted octanol–water partition coefficient (Wildman–Crippen LogP) is 3.88. The maximum absolute atomic E-state index is 6.02. The lowest BCUT2D eigenvalue weighted by Gasteiger charge is -2.13. The van der Waals surface area contributed by atoms with Crippen molar-refractivity contribution in [2.24, 2.45) is 0 Å². The lowest BCUT2D eigenvalue weighted by Crippen LogP contribution is -2.16. The summed E-state index contributed by atoms with van der Waals surface area (Å²) in [7, 11) is 0. The van der Waals surface area contributed by atoms with E-state index in [2.05, 4.69) is 56.7 Å². The summed E-state index contributed by atoms with van der Waals surface area (Å²) in [5.41, 5.74) is 0.844. The molecule has 0 spiro atoms. The molecule has 0 aromatic carbocycles. The van der Waals surface area contributed by atoms with Gasteiger partial charge in [0, 0.05) is 18.4 Å². The van der Waals surface area contributed by atoms with Gasteiger partial charge in [-0.15, -0.1) is 0 Å². The lowest BCUT2D eigenvalue weighted by molar-refractivity contribution is 0.684. The van der Waals surface area contributed by atoms with Crippen molar-refractivity contribution in [3.8, 4) is 0 Å². The van der Waals surface area contributed by atoms with Crippen LogP contribution in [0, 0.1) is 3.57 Å². The van der Waals surface area contributed by atoms with Crippen LogP contribution in [0.15, 0.2) is 12.4 Å². The van der Waals surface area contributed by atoms with Crippen LogP contribution in [0.4, 0.5) is 5.95 Å². The number of nitrogens with zero attached hydrogens (tertiary/aromatic N) is 3. The molecule has 0 amide bonds. The summed E-state index contributed by atoms with van der Waals surface area (Å²) in [6.45, 7) is 4.29. The number of hydrogen-bond acceptors (Lipinski definition) is 4. The molecule has 0 radical (unpaired) electrons. The van der Waals surface area contributed by atoms with E-state index in [1.165, 1.54) is 0 Å². The van der Waals surface area contributed by atoms with Gasteiger partial charge in [-0.2, -0.15) is 0 Å². The summed E-state index contributed by atoms with van der Waals surface area (Å²) in [4.78, 5) is 12.9. The number of pyridine rings is 1. The molecule has 0 aliphatic rings. The van der Waals surface area contributed by atoms with E-state index in [0.717, 1.165) is 27.3 Å². The van der Waals surface area contributed by atoms with Gasteiger partial charge in [0.15, 0.2) is 0 Å². The van der Waals surface area contributed by atoms with E-state index >= 15 is 0 Å². The summed E-state index contributed by atoms with van der Waals surface area (Å²) in [6, 6.07) is 0.363. The highest BCUT2D eigenvalue weighted by Crippen LogP contribution is 2.24. The highest BCUT2D eigenvalue weighted by molar-refractivity contribution is 14.1. The third-order valence-corrected chi connectivity index (χ3v) is 3.72. The van der Waals surface area contributed by atoms with Crippen molar-refractivity contribution >= 4 is 51.0 Å². The first kappa shape index (κ1) is 13.7. The first-order valence-corrected chi connectivity index (χ1v) is 7.30. The van der Waals surface area contributed by atoms with Gasteiger partial charge in [0.25, 0.3) is 0 Å². The number of hydrogen-bond donors (Lipinski definition) is 1. The molecule has 0 aliphatic carbocycles. The van der Waals surface area contributed by atoms with E-state index in [9.17, 15) is 0 Å². The Bertz CT molecular complexity index is 561. The van der Waals surface area contributed by atoms with Gasteiger partial charge < -0.3 is 5.32 Å². The van der Waals surface area contributed by atoms with Crippen molar-refractivity contribution in [3.63, 3.8) is 0 Å². The zero-order chi connectivity index (χ0) is 13.1. The minimum Gasteiger partial charge on any atom is -0.352 e. The molecule has 0 bridgehead atoms. The smallest absolute Gasteiger partial charge is 0.223 e. The molecule has 0 saturated heterocycles. The van der Waals surface area contributed by atoms with Crippen LogP contribution >= 0.6 is 34.2 Å². The van der Waals surface area contributed by atoms with Crippen LogP contribution in [0.2, 0.25) is 5.15 Å². The summed E-state index contributed by atoms with van der Waals surface area (Å²) >= 11 is 8.22. The summed E-state index contributed by atoms with van der Waals surface area (Å²) < 4.78 is 0.973. The average Bonchev–Trinajstić information content (AvgIpc) is 2.34. The Morgan fingerprint density at radius 3 is 2.89 bits per heavy atom. The van der Waals surface area contributed by atoms with E-state index < -0.39 is 0 Å². The second-order valence-corrected chi connectivity index (χ2v) is 5.71. The molecule has 18 heavy (non-hydrogen) atoms. The number of fused-ring (bicyclic) bond motifs is 1. The van der Waals surface area contributed by atoms with Gasteiger partial charge in [-0.1, -0.05) is 24.9 Å². The minimum absolute atomic E-state index is 0.363. The average molecular weight is 377 g/mol. The molecule has 96 valence electrons. The van der Waals surface area contributed by atoms with Crippen molar-refractivity contribution < 1.29 is 0 Å². The molecule has 1 atom stereocenters. The van der Waals surface area contributed by atoms with Gasteiger partial charge in [-0.05, 0) is 35.9 Å². The van der Waals surface area contributed by atoms with Crippen LogP contribution in [0.5, 0.6) is 0 Å². The van der Waals surface area contributed by atoms with Crippen LogP contribution < -0.4 is 5.32 Å². The first-order valence-electron chi connectivity index (χ1n) is 5.85. The molecule has 0 aliphatic heterocycles. The number of aromatic nitrogens is 3. The van der Waals surface area contributed by atoms with E-state index in [1.54, 1.807) is 12.4 Å². The largest absolute Gasteiger partial charge is 0.352 e. The first-order chi connectivity index (χ1) is 8.61.